The smallest absolute Gasteiger partial charge is 0.137 e. The minimum Gasteiger partial charge on any atom is -0.456 e. The number of aromatic nitrogens is 1. The van der Waals surface area contributed by atoms with Crippen molar-refractivity contribution in [2.75, 3.05) is 4.90 Å². The molecule has 9 aromatic carbocycles. The lowest BCUT2D eigenvalue weighted by Crippen LogP contribution is -2.10. The lowest BCUT2D eigenvalue weighted by Gasteiger charge is -2.26. The lowest BCUT2D eigenvalue weighted by atomic mass is 9.98. The van der Waals surface area contributed by atoms with E-state index in [4.69, 9.17) is 9.40 Å². The Hall–Kier alpha value is -7.05. The Morgan fingerprint density at radius 2 is 1.10 bits per heavy atom. The molecule has 0 saturated heterocycles. The van der Waals surface area contributed by atoms with Crippen LogP contribution < -0.4 is 4.90 Å². The molecule has 0 atom stereocenters. The van der Waals surface area contributed by atoms with E-state index in [1.807, 2.05) is 17.4 Å². The molecule has 0 amide bonds. The first kappa shape index (κ1) is 33.1. The van der Waals surface area contributed by atoms with Crippen molar-refractivity contribution in [3.8, 4) is 32.8 Å². The van der Waals surface area contributed by atoms with Gasteiger partial charge in [-0.2, -0.15) is 0 Å². The molecule has 3 heterocycles. The van der Waals surface area contributed by atoms with E-state index < -0.39 is 0 Å². The van der Waals surface area contributed by atoms with E-state index in [0.717, 1.165) is 70.9 Å². The van der Waals surface area contributed by atoms with Gasteiger partial charge in [0.25, 0.3) is 0 Å². The van der Waals surface area contributed by atoms with Crippen LogP contribution in [0.1, 0.15) is 0 Å². The molecule has 0 radical (unpaired) electrons. The summed E-state index contributed by atoms with van der Waals surface area (Å²) in [7, 11) is 0. The SMILES string of the molecule is c1ccc(-c2nc3c(ccc4oc5ccc(-c6ccc(N(c7ccc(-c8cccc9ccccc89)cc7)c7cccc8c7sc7ccccc78)cc6)cc5c43)s2)cc1. The molecule has 12 rings (SSSR count). The van der Waals surface area contributed by atoms with Gasteiger partial charge in [0, 0.05) is 37.8 Å². The van der Waals surface area contributed by atoms with Crippen LogP contribution in [0.25, 0.3) is 95.9 Å². The first-order valence-corrected chi connectivity index (χ1v) is 21.1. The summed E-state index contributed by atoms with van der Waals surface area (Å²) in [5, 5.41) is 8.24. The van der Waals surface area contributed by atoms with Gasteiger partial charge in [-0.15, -0.1) is 22.7 Å². The summed E-state index contributed by atoms with van der Waals surface area (Å²) in [6.07, 6.45) is 0. The predicted molar refractivity (Wildman–Crippen MR) is 248 cm³/mol. The van der Waals surface area contributed by atoms with Crippen molar-refractivity contribution in [2.45, 2.75) is 0 Å². The molecule has 58 heavy (non-hydrogen) atoms. The van der Waals surface area contributed by atoms with Gasteiger partial charge in [0.15, 0.2) is 0 Å². The highest BCUT2D eigenvalue weighted by Gasteiger charge is 2.20. The summed E-state index contributed by atoms with van der Waals surface area (Å²) in [6.45, 7) is 0. The molecule has 0 bridgehead atoms. The largest absolute Gasteiger partial charge is 0.456 e. The molecule has 3 nitrogen and oxygen atoms in total. The minimum atomic E-state index is 0.859. The fraction of sp³-hybridized carbons (Fsp3) is 0. The van der Waals surface area contributed by atoms with Crippen molar-refractivity contribution in [3.05, 3.63) is 194 Å². The molecule has 0 aliphatic rings. The van der Waals surface area contributed by atoms with Crippen molar-refractivity contribution >= 4 is 103 Å². The maximum absolute atomic E-state index is 6.39. The average molecular weight is 777 g/mol. The molecule has 0 aliphatic heterocycles. The fourth-order valence-corrected chi connectivity index (χ4v) is 10.7. The zero-order chi connectivity index (χ0) is 38.2. The van der Waals surface area contributed by atoms with Gasteiger partial charge in [-0.3, -0.25) is 0 Å². The Kier molecular flexibility index (Phi) is 7.58. The van der Waals surface area contributed by atoms with Crippen molar-refractivity contribution in [1.82, 2.24) is 4.98 Å². The van der Waals surface area contributed by atoms with Gasteiger partial charge in [-0.1, -0.05) is 133 Å². The second kappa shape index (κ2) is 13.3. The Morgan fingerprint density at radius 3 is 1.95 bits per heavy atom. The number of hydrogen-bond donors (Lipinski definition) is 0. The summed E-state index contributed by atoms with van der Waals surface area (Å²) in [6, 6.07) is 69.8. The fourth-order valence-electron chi connectivity index (χ4n) is 8.54. The third kappa shape index (κ3) is 5.36. The van der Waals surface area contributed by atoms with Crippen LogP contribution >= 0.6 is 22.7 Å². The minimum absolute atomic E-state index is 0.859. The first-order valence-electron chi connectivity index (χ1n) is 19.4. The van der Waals surface area contributed by atoms with E-state index >= 15 is 0 Å². The third-order valence-corrected chi connectivity index (χ3v) is 13.6. The highest BCUT2D eigenvalue weighted by molar-refractivity contribution is 7.26. The monoisotopic (exact) mass is 776 g/mol. The summed E-state index contributed by atoms with van der Waals surface area (Å²) < 4.78 is 10.1. The number of benzene rings is 9. The van der Waals surface area contributed by atoms with Crippen molar-refractivity contribution in [1.29, 1.82) is 0 Å². The van der Waals surface area contributed by atoms with Gasteiger partial charge in [0.05, 0.1) is 26.0 Å². The molecule has 0 unspecified atom stereocenters. The molecule has 0 fully saturated rings. The highest BCUT2D eigenvalue weighted by atomic mass is 32.1. The molecule has 0 saturated carbocycles. The lowest BCUT2D eigenvalue weighted by molar-refractivity contribution is 0.669. The molecular formula is C53H32N2OS2. The highest BCUT2D eigenvalue weighted by Crippen LogP contribution is 2.46. The maximum atomic E-state index is 6.39. The molecule has 5 heteroatoms. The second-order valence-corrected chi connectivity index (χ2v) is 16.8. The third-order valence-electron chi connectivity index (χ3n) is 11.3. The second-order valence-electron chi connectivity index (χ2n) is 14.7. The van der Waals surface area contributed by atoms with E-state index in [1.165, 1.54) is 42.1 Å². The van der Waals surface area contributed by atoms with Gasteiger partial charge in [-0.05, 0) is 93.7 Å². The number of hydrogen-bond acceptors (Lipinski definition) is 5. The number of thiazole rings is 1. The van der Waals surface area contributed by atoms with Crippen LogP contribution in [0.5, 0.6) is 0 Å². The summed E-state index contributed by atoms with van der Waals surface area (Å²) in [4.78, 5) is 7.56. The van der Waals surface area contributed by atoms with Gasteiger partial charge in [0.1, 0.15) is 16.2 Å². The van der Waals surface area contributed by atoms with Gasteiger partial charge in [-0.25, -0.2) is 4.98 Å². The van der Waals surface area contributed by atoms with E-state index in [0.29, 0.717) is 0 Å². The number of thiophene rings is 1. The van der Waals surface area contributed by atoms with Crippen molar-refractivity contribution in [2.24, 2.45) is 0 Å². The summed E-state index contributed by atoms with van der Waals surface area (Å²) in [5.74, 6) is 0. The first-order chi connectivity index (χ1) is 28.7. The predicted octanol–water partition coefficient (Wildman–Crippen LogP) is 16.2. The van der Waals surface area contributed by atoms with Crippen LogP contribution in [0, 0.1) is 0 Å². The quantitative estimate of drug-likeness (QED) is 0.168. The Balaban J connectivity index is 0.970. The molecule has 12 aromatic rings. The number of rotatable bonds is 6. The Labute approximate surface area is 342 Å². The van der Waals surface area contributed by atoms with Gasteiger partial charge in [0.2, 0.25) is 0 Å². The van der Waals surface area contributed by atoms with E-state index in [2.05, 4.69) is 193 Å². The van der Waals surface area contributed by atoms with Crippen LogP contribution in [0.4, 0.5) is 17.1 Å². The van der Waals surface area contributed by atoms with Crippen LogP contribution in [0.2, 0.25) is 0 Å². The molecule has 0 aliphatic carbocycles. The van der Waals surface area contributed by atoms with Gasteiger partial charge >= 0.3 is 0 Å². The standard InChI is InChI=1S/C53H32N2OS2/c1-2-11-36(12-3-1)53-54-51-49(58-53)31-30-47-50(51)44-32-37(24-29-46(44)56-47)33-20-25-38(26-21-33)55(45-18-9-17-43-42-15-6-7-19-48(42)57-52(43)45)39-27-22-35(23-28-39)41-16-8-13-34-10-4-5-14-40(34)41/h1-32H. The van der Waals surface area contributed by atoms with Crippen LogP contribution in [0.3, 0.4) is 0 Å². The van der Waals surface area contributed by atoms with E-state index in [9.17, 15) is 0 Å². The number of furan rings is 1. The molecule has 0 N–H and O–H groups in total. The van der Waals surface area contributed by atoms with Crippen LogP contribution in [0.15, 0.2) is 199 Å². The van der Waals surface area contributed by atoms with Crippen LogP contribution in [-0.2, 0) is 0 Å². The zero-order valence-corrected chi connectivity index (χ0v) is 32.7. The normalized spacial score (nSPS) is 11.8. The number of nitrogens with zero attached hydrogens (tertiary/aromatic N) is 2. The van der Waals surface area contributed by atoms with E-state index in [-0.39, 0.29) is 0 Å². The molecule has 0 spiro atoms. The number of fused-ring (bicyclic) bond motifs is 9. The topological polar surface area (TPSA) is 29.3 Å². The maximum Gasteiger partial charge on any atom is 0.137 e. The van der Waals surface area contributed by atoms with Gasteiger partial charge < -0.3 is 9.32 Å². The van der Waals surface area contributed by atoms with Crippen molar-refractivity contribution in [3.63, 3.8) is 0 Å². The zero-order valence-electron chi connectivity index (χ0n) is 31.1. The number of anilines is 3. The summed E-state index contributed by atoms with van der Waals surface area (Å²) >= 11 is 3.58. The van der Waals surface area contributed by atoms with E-state index in [1.54, 1.807) is 11.3 Å². The van der Waals surface area contributed by atoms with Crippen molar-refractivity contribution < 1.29 is 4.42 Å². The molecule has 3 aromatic heterocycles. The molecule has 272 valence electrons. The van der Waals surface area contributed by atoms with Crippen LogP contribution in [-0.4, -0.2) is 4.98 Å². The average Bonchev–Trinajstić information content (AvgIpc) is 4.01. The Bertz CT molecular complexity index is 3500. The molecular weight excluding hydrogens is 745 g/mol. The summed E-state index contributed by atoms with van der Waals surface area (Å²) in [5.41, 5.74) is 11.9. The Morgan fingerprint density at radius 1 is 0.431 bits per heavy atom.